The molecule has 1 aromatic rings. The normalized spacial score (nSPS) is 28.5. The van der Waals surface area contributed by atoms with E-state index in [0.717, 1.165) is 25.7 Å². The van der Waals surface area contributed by atoms with Gasteiger partial charge < -0.3 is 19.5 Å². The van der Waals surface area contributed by atoms with Crippen molar-refractivity contribution in [3.8, 4) is 11.5 Å². The van der Waals surface area contributed by atoms with Gasteiger partial charge in [0.15, 0.2) is 11.5 Å². The highest BCUT2D eigenvalue weighted by Crippen LogP contribution is 2.43. The summed E-state index contributed by atoms with van der Waals surface area (Å²) in [6, 6.07) is 4.46. The predicted molar refractivity (Wildman–Crippen MR) is 80.5 cm³/mol. The van der Waals surface area contributed by atoms with Gasteiger partial charge in [0.25, 0.3) is 5.91 Å². The van der Waals surface area contributed by atoms with Gasteiger partial charge in [-0.1, -0.05) is 18.9 Å². The summed E-state index contributed by atoms with van der Waals surface area (Å²) in [7, 11) is 0. The fourth-order valence-corrected chi connectivity index (χ4v) is 4.21. The number of nitrogens with zero attached hydrogens (tertiary/aromatic N) is 1. The van der Waals surface area contributed by atoms with Crippen molar-refractivity contribution in [2.24, 2.45) is 5.92 Å². The zero-order valence-electron chi connectivity index (χ0n) is 12.7. The average Bonchev–Trinajstić information content (AvgIpc) is 3.18. The van der Waals surface area contributed by atoms with Crippen molar-refractivity contribution in [3.05, 3.63) is 23.8 Å². The number of hydrogen-bond donors (Lipinski definition) is 1. The molecule has 0 spiro atoms. The minimum Gasteiger partial charge on any atom is -0.480 e. The summed E-state index contributed by atoms with van der Waals surface area (Å²) < 4.78 is 10.7. The molecule has 0 bridgehead atoms. The fourth-order valence-electron chi connectivity index (χ4n) is 4.21. The van der Waals surface area contributed by atoms with Crippen LogP contribution in [0, 0.1) is 5.92 Å². The second kappa shape index (κ2) is 5.44. The predicted octanol–water partition coefficient (Wildman–Crippen LogP) is 2.27. The Hall–Kier alpha value is -2.24. The smallest absolute Gasteiger partial charge is 0.326 e. The zero-order chi connectivity index (χ0) is 16.0. The Balaban J connectivity index is 1.71. The quantitative estimate of drug-likeness (QED) is 0.905. The Morgan fingerprint density at radius 3 is 2.83 bits per heavy atom. The number of carboxylic acids is 1. The molecule has 6 nitrogen and oxygen atoms in total. The molecule has 6 heteroatoms. The first-order valence-corrected chi connectivity index (χ1v) is 8.11. The molecule has 0 aromatic heterocycles. The lowest BCUT2D eigenvalue weighted by Crippen LogP contribution is -2.46. The molecule has 3 aliphatic rings. The van der Waals surface area contributed by atoms with E-state index in [0.29, 0.717) is 29.4 Å². The summed E-state index contributed by atoms with van der Waals surface area (Å²) in [6.45, 7) is 0.0913. The van der Waals surface area contributed by atoms with Gasteiger partial charge in [0.05, 0.1) is 5.56 Å². The van der Waals surface area contributed by atoms with E-state index in [4.69, 9.17) is 9.47 Å². The van der Waals surface area contributed by atoms with Crippen molar-refractivity contribution in [2.75, 3.05) is 6.79 Å². The fraction of sp³-hybridized carbons (Fsp3) is 0.529. The van der Waals surface area contributed by atoms with Crippen molar-refractivity contribution in [1.82, 2.24) is 4.90 Å². The summed E-state index contributed by atoms with van der Waals surface area (Å²) in [5.41, 5.74) is 0.400. The van der Waals surface area contributed by atoms with Gasteiger partial charge in [0.2, 0.25) is 6.79 Å². The van der Waals surface area contributed by atoms with Crippen LogP contribution in [0.2, 0.25) is 0 Å². The van der Waals surface area contributed by atoms with E-state index in [2.05, 4.69) is 0 Å². The summed E-state index contributed by atoms with van der Waals surface area (Å²) in [4.78, 5) is 26.4. The number of para-hydroxylation sites is 1. The largest absolute Gasteiger partial charge is 0.480 e. The van der Waals surface area contributed by atoms with Crippen molar-refractivity contribution >= 4 is 11.9 Å². The first kappa shape index (κ1) is 14.4. The molecule has 1 N–H and O–H groups in total. The third-order valence-electron chi connectivity index (χ3n) is 5.23. The molecule has 2 aliphatic heterocycles. The number of carbonyl (C=O) groups is 2. The maximum Gasteiger partial charge on any atom is 0.326 e. The minimum atomic E-state index is -0.919. The van der Waals surface area contributed by atoms with Crippen molar-refractivity contribution in [1.29, 1.82) is 0 Å². The maximum atomic E-state index is 13.1. The van der Waals surface area contributed by atoms with Crippen molar-refractivity contribution < 1.29 is 24.2 Å². The van der Waals surface area contributed by atoms with E-state index < -0.39 is 12.0 Å². The SMILES string of the molecule is O=C(O)[C@@H]1C[C@H]2CCCC[C@H]2N1C(=O)c1cccc2c1OCO2. The minimum absolute atomic E-state index is 0.0236. The highest BCUT2D eigenvalue weighted by Gasteiger charge is 2.48. The highest BCUT2D eigenvalue weighted by atomic mass is 16.7. The molecule has 23 heavy (non-hydrogen) atoms. The monoisotopic (exact) mass is 317 g/mol. The van der Waals surface area contributed by atoms with Crippen LogP contribution < -0.4 is 9.47 Å². The molecular formula is C17H19NO5. The van der Waals surface area contributed by atoms with E-state index in [-0.39, 0.29) is 18.7 Å². The van der Waals surface area contributed by atoms with Crippen LogP contribution in [0.1, 0.15) is 42.5 Å². The van der Waals surface area contributed by atoms with Gasteiger partial charge in [-0.05, 0) is 37.3 Å². The van der Waals surface area contributed by atoms with E-state index in [1.165, 1.54) is 0 Å². The Morgan fingerprint density at radius 1 is 1.17 bits per heavy atom. The van der Waals surface area contributed by atoms with Gasteiger partial charge in [-0.25, -0.2) is 4.79 Å². The van der Waals surface area contributed by atoms with Gasteiger partial charge in [-0.2, -0.15) is 0 Å². The Morgan fingerprint density at radius 2 is 2.00 bits per heavy atom. The Kier molecular flexibility index (Phi) is 3.39. The number of amides is 1. The number of fused-ring (bicyclic) bond motifs is 2. The molecule has 122 valence electrons. The summed E-state index contributed by atoms with van der Waals surface area (Å²) in [5.74, 6) is 0.0948. The van der Waals surface area contributed by atoms with Crippen LogP contribution in [0.3, 0.4) is 0 Å². The molecular weight excluding hydrogens is 298 g/mol. The molecule has 1 amide bonds. The first-order chi connectivity index (χ1) is 11.2. The van der Waals surface area contributed by atoms with E-state index in [9.17, 15) is 14.7 Å². The molecule has 4 rings (SSSR count). The molecule has 0 radical (unpaired) electrons. The van der Waals surface area contributed by atoms with Crippen LogP contribution in [0.5, 0.6) is 11.5 Å². The molecule has 2 fully saturated rings. The van der Waals surface area contributed by atoms with Gasteiger partial charge in [0, 0.05) is 6.04 Å². The van der Waals surface area contributed by atoms with Gasteiger partial charge in [-0.15, -0.1) is 0 Å². The molecule has 3 atom stereocenters. The van der Waals surface area contributed by atoms with Crippen LogP contribution in [0.4, 0.5) is 0 Å². The molecule has 1 aromatic carbocycles. The second-order valence-electron chi connectivity index (χ2n) is 6.45. The Bertz CT molecular complexity index is 658. The number of likely N-dealkylation sites (tertiary alicyclic amines) is 1. The molecule has 1 aliphatic carbocycles. The van der Waals surface area contributed by atoms with E-state index in [1.807, 2.05) is 0 Å². The van der Waals surface area contributed by atoms with Crippen LogP contribution >= 0.6 is 0 Å². The lowest BCUT2D eigenvalue weighted by atomic mass is 9.84. The Labute approximate surface area is 134 Å². The molecule has 0 unspecified atom stereocenters. The average molecular weight is 317 g/mol. The topological polar surface area (TPSA) is 76.1 Å². The van der Waals surface area contributed by atoms with Crippen LogP contribution in [-0.2, 0) is 4.79 Å². The zero-order valence-corrected chi connectivity index (χ0v) is 12.7. The van der Waals surface area contributed by atoms with Crippen molar-refractivity contribution in [2.45, 2.75) is 44.2 Å². The standard InChI is InChI=1S/C17H19NO5/c19-16(11-5-3-7-14-15(11)23-9-22-14)18-12-6-2-1-4-10(12)8-13(18)17(20)21/h3,5,7,10,12-13H,1-2,4,6,8-9H2,(H,20,21)/t10-,12-,13+/m1/s1. The number of ether oxygens (including phenoxy) is 2. The summed E-state index contributed by atoms with van der Waals surface area (Å²) in [6.07, 6.45) is 4.60. The third-order valence-corrected chi connectivity index (χ3v) is 5.23. The van der Waals surface area contributed by atoms with Crippen LogP contribution in [0.25, 0.3) is 0 Å². The van der Waals surface area contributed by atoms with Crippen LogP contribution in [0.15, 0.2) is 18.2 Å². The summed E-state index contributed by atoms with van der Waals surface area (Å²) >= 11 is 0. The van der Waals surface area contributed by atoms with Gasteiger partial charge in [-0.3, -0.25) is 4.79 Å². The third kappa shape index (κ3) is 2.24. The number of rotatable bonds is 2. The molecule has 1 saturated heterocycles. The number of benzene rings is 1. The van der Waals surface area contributed by atoms with Gasteiger partial charge in [0.1, 0.15) is 6.04 Å². The molecule has 1 saturated carbocycles. The first-order valence-electron chi connectivity index (χ1n) is 8.11. The molecule has 2 heterocycles. The lowest BCUT2D eigenvalue weighted by molar-refractivity contribution is -0.141. The second-order valence-corrected chi connectivity index (χ2v) is 6.45. The number of hydrogen-bond acceptors (Lipinski definition) is 4. The van der Waals surface area contributed by atoms with Crippen molar-refractivity contribution in [3.63, 3.8) is 0 Å². The maximum absolute atomic E-state index is 13.1. The highest BCUT2D eigenvalue weighted by molar-refractivity contribution is 6.00. The van der Waals surface area contributed by atoms with Crippen LogP contribution in [-0.4, -0.2) is 40.8 Å². The number of aliphatic carboxylic acids is 1. The number of carbonyl (C=O) groups excluding carboxylic acids is 1. The summed E-state index contributed by atoms with van der Waals surface area (Å²) in [5, 5.41) is 9.57. The lowest BCUT2D eigenvalue weighted by Gasteiger charge is -2.33. The number of carboxylic acid groups (broad SMARTS) is 1. The van der Waals surface area contributed by atoms with E-state index >= 15 is 0 Å². The van der Waals surface area contributed by atoms with E-state index in [1.54, 1.807) is 23.1 Å². The van der Waals surface area contributed by atoms with Gasteiger partial charge >= 0.3 is 5.97 Å².